The Morgan fingerprint density at radius 3 is 2.48 bits per heavy atom. The highest BCUT2D eigenvalue weighted by atomic mass is 19.2. The van der Waals surface area contributed by atoms with Gasteiger partial charge in [-0.2, -0.15) is 0 Å². The molecule has 29 heavy (non-hydrogen) atoms. The molecular formula is C20H28F2N4O3. The van der Waals surface area contributed by atoms with Crippen LogP contribution in [-0.2, 0) is 9.59 Å². The van der Waals surface area contributed by atoms with Crippen molar-refractivity contribution in [3.05, 3.63) is 35.4 Å². The first kappa shape index (κ1) is 22.6. The zero-order chi connectivity index (χ0) is 21.2. The van der Waals surface area contributed by atoms with Crippen LogP contribution < -0.4 is 21.3 Å². The number of urea groups is 1. The largest absolute Gasteiger partial charge is 0.357 e. The number of hydrogen-bond acceptors (Lipinski definition) is 3. The highest BCUT2D eigenvalue weighted by molar-refractivity contribution is 5.88. The quantitative estimate of drug-likeness (QED) is 0.495. The molecule has 1 aliphatic carbocycles. The lowest BCUT2D eigenvalue weighted by Crippen LogP contribution is -2.43. The summed E-state index contributed by atoms with van der Waals surface area (Å²) in [4.78, 5) is 36.1. The van der Waals surface area contributed by atoms with Crippen LogP contribution in [0.3, 0.4) is 0 Å². The topological polar surface area (TPSA) is 99.3 Å². The summed E-state index contributed by atoms with van der Waals surface area (Å²) < 4.78 is 26.6. The van der Waals surface area contributed by atoms with Gasteiger partial charge in [0.15, 0.2) is 11.6 Å². The second kappa shape index (κ2) is 11.3. The molecule has 4 N–H and O–H groups in total. The Morgan fingerprint density at radius 1 is 1.10 bits per heavy atom. The monoisotopic (exact) mass is 410 g/mol. The van der Waals surface area contributed by atoms with E-state index in [-0.39, 0.29) is 24.1 Å². The van der Waals surface area contributed by atoms with Gasteiger partial charge in [-0.3, -0.25) is 9.59 Å². The van der Waals surface area contributed by atoms with E-state index in [1.165, 1.54) is 19.5 Å². The molecule has 1 atom stereocenters. The third kappa shape index (κ3) is 7.32. The lowest BCUT2D eigenvalue weighted by molar-refractivity contribution is -0.128. The minimum atomic E-state index is -1.13. The second-order valence-corrected chi connectivity index (χ2v) is 7.13. The van der Waals surface area contributed by atoms with Gasteiger partial charge in [-0.1, -0.05) is 25.3 Å². The molecule has 0 heterocycles. The number of nitrogens with one attached hydrogen (secondary N) is 4. The molecule has 1 fully saturated rings. The summed E-state index contributed by atoms with van der Waals surface area (Å²) in [6.45, 7) is 0.307. The Labute approximate surface area is 169 Å². The van der Waals surface area contributed by atoms with Crippen LogP contribution in [0.2, 0.25) is 0 Å². The van der Waals surface area contributed by atoms with Crippen LogP contribution in [0.15, 0.2) is 18.2 Å². The van der Waals surface area contributed by atoms with E-state index in [2.05, 4.69) is 21.3 Å². The summed E-state index contributed by atoms with van der Waals surface area (Å²) in [7, 11) is 1.39. The number of rotatable bonds is 8. The minimum absolute atomic E-state index is 0.0703. The maximum Gasteiger partial charge on any atom is 0.315 e. The molecule has 160 valence electrons. The molecule has 2 rings (SSSR count). The molecule has 1 saturated carbocycles. The van der Waals surface area contributed by atoms with Crippen LogP contribution in [-0.4, -0.2) is 37.5 Å². The highest BCUT2D eigenvalue weighted by Crippen LogP contribution is 2.18. The number of carbonyl (C=O) groups excluding carboxylic acids is 3. The van der Waals surface area contributed by atoms with Crippen molar-refractivity contribution >= 4 is 17.8 Å². The summed E-state index contributed by atoms with van der Waals surface area (Å²) >= 11 is 0. The summed E-state index contributed by atoms with van der Waals surface area (Å²) in [5.41, 5.74) is 0.140. The molecule has 9 heteroatoms. The van der Waals surface area contributed by atoms with Gasteiger partial charge in [-0.15, -0.1) is 0 Å². The molecule has 0 spiro atoms. The normalized spacial score (nSPS) is 15.3. The lowest BCUT2D eigenvalue weighted by atomic mass is 9.96. The molecule has 0 aliphatic heterocycles. The van der Waals surface area contributed by atoms with Gasteiger partial charge in [-0.05, 0) is 37.0 Å². The van der Waals surface area contributed by atoms with E-state index in [1.54, 1.807) is 0 Å². The Balaban J connectivity index is 1.77. The Hall–Kier alpha value is -2.71. The molecule has 0 radical (unpaired) electrons. The molecule has 0 saturated heterocycles. The van der Waals surface area contributed by atoms with Gasteiger partial charge in [0.05, 0.1) is 0 Å². The third-order valence-corrected chi connectivity index (χ3v) is 4.90. The van der Waals surface area contributed by atoms with Crippen molar-refractivity contribution in [3.63, 3.8) is 0 Å². The van der Waals surface area contributed by atoms with Crippen LogP contribution in [0.1, 0.15) is 56.6 Å². The van der Waals surface area contributed by atoms with E-state index in [1.807, 2.05) is 0 Å². The SMILES string of the molecule is CNC(=O)C(NC(=O)CCCNC(=O)NC1CCCCC1)c1ccc(F)c(F)c1. The number of amides is 4. The number of carbonyl (C=O) groups is 3. The predicted octanol–water partition coefficient (Wildman–Crippen LogP) is 2.28. The first-order valence-corrected chi connectivity index (χ1v) is 9.91. The standard InChI is InChI=1S/C20H28F2N4O3/c1-23-19(28)18(13-9-10-15(21)16(22)12-13)26-17(27)8-5-11-24-20(29)25-14-6-3-2-4-7-14/h9-10,12,14,18H,2-8,11H2,1H3,(H,23,28)(H,26,27)(H2,24,25,29). The number of halogens is 2. The molecule has 1 aliphatic rings. The fourth-order valence-corrected chi connectivity index (χ4v) is 3.30. The van der Waals surface area contributed by atoms with Crippen molar-refractivity contribution in [2.45, 2.75) is 57.0 Å². The van der Waals surface area contributed by atoms with Gasteiger partial charge in [0.1, 0.15) is 6.04 Å². The molecule has 0 aromatic heterocycles. The molecule has 4 amide bonds. The Kier molecular flexibility index (Phi) is 8.82. The molecule has 7 nitrogen and oxygen atoms in total. The summed E-state index contributed by atoms with van der Waals surface area (Å²) in [5, 5.41) is 10.5. The van der Waals surface area contributed by atoms with Crippen molar-refractivity contribution in [3.8, 4) is 0 Å². The van der Waals surface area contributed by atoms with E-state index < -0.39 is 29.5 Å². The van der Waals surface area contributed by atoms with Crippen molar-refractivity contribution in [1.29, 1.82) is 0 Å². The molecule has 0 bridgehead atoms. The average Bonchev–Trinajstić information content (AvgIpc) is 2.71. The van der Waals surface area contributed by atoms with Crippen molar-refractivity contribution in [2.75, 3.05) is 13.6 Å². The van der Waals surface area contributed by atoms with E-state index in [0.29, 0.717) is 13.0 Å². The maximum absolute atomic E-state index is 13.5. The van der Waals surface area contributed by atoms with E-state index in [9.17, 15) is 23.2 Å². The summed E-state index contributed by atoms with van der Waals surface area (Å²) in [6, 6.07) is 1.85. The van der Waals surface area contributed by atoms with Gasteiger partial charge < -0.3 is 21.3 Å². The van der Waals surface area contributed by atoms with Crippen molar-refractivity contribution in [1.82, 2.24) is 21.3 Å². The highest BCUT2D eigenvalue weighted by Gasteiger charge is 2.23. The Bertz CT molecular complexity index is 724. The van der Waals surface area contributed by atoms with Crippen LogP contribution in [0.4, 0.5) is 13.6 Å². The third-order valence-electron chi connectivity index (χ3n) is 4.90. The van der Waals surface area contributed by atoms with Crippen LogP contribution in [0.5, 0.6) is 0 Å². The first-order chi connectivity index (χ1) is 13.9. The van der Waals surface area contributed by atoms with Crippen LogP contribution in [0.25, 0.3) is 0 Å². The number of benzene rings is 1. The fourth-order valence-electron chi connectivity index (χ4n) is 3.30. The maximum atomic E-state index is 13.5. The Morgan fingerprint density at radius 2 is 1.83 bits per heavy atom. The smallest absolute Gasteiger partial charge is 0.315 e. The number of hydrogen-bond donors (Lipinski definition) is 4. The zero-order valence-electron chi connectivity index (χ0n) is 16.5. The lowest BCUT2D eigenvalue weighted by Gasteiger charge is -2.22. The fraction of sp³-hybridized carbons (Fsp3) is 0.550. The van der Waals surface area contributed by atoms with Crippen molar-refractivity contribution in [2.24, 2.45) is 0 Å². The molecule has 1 aromatic carbocycles. The molecule has 1 unspecified atom stereocenters. The van der Waals surface area contributed by atoms with Crippen LogP contribution >= 0.6 is 0 Å². The van der Waals surface area contributed by atoms with Gasteiger partial charge in [0, 0.05) is 26.1 Å². The predicted molar refractivity (Wildman–Crippen MR) is 104 cm³/mol. The summed E-state index contributed by atoms with van der Waals surface area (Å²) in [6.07, 6.45) is 5.87. The van der Waals surface area contributed by atoms with E-state index >= 15 is 0 Å². The molecular weight excluding hydrogens is 382 g/mol. The summed E-state index contributed by atoms with van der Waals surface area (Å²) in [5.74, 6) is -3.11. The van der Waals surface area contributed by atoms with E-state index in [0.717, 1.165) is 37.8 Å². The number of likely N-dealkylation sites (N-methyl/N-ethyl adjacent to an activating group) is 1. The van der Waals surface area contributed by atoms with Crippen LogP contribution in [0, 0.1) is 11.6 Å². The van der Waals surface area contributed by atoms with E-state index in [4.69, 9.17) is 0 Å². The second-order valence-electron chi connectivity index (χ2n) is 7.13. The molecule has 1 aromatic rings. The zero-order valence-corrected chi connectivity index (χ0v) is 16.5. The van der Waals surface area contributed by atoms with Crippen molar-refractivity contribution < 1.29 is 23.2 Å². The van der Waals surface area contributed by atoms with Gasteiger partial charge >= 0.3 is 6.03 Å². The van der Waals surface area contributed by atoms with Gasteiger partial charge in [0.25, 0.3) is 0 Å². The first-order valence-electron chi connectivity index (χ1n) is 9.91. The van der Waals surface area contributed by atoms with Gasteiger partial charge in [-0.25, -0.2) is 13.6 Å². The van der Waals surface area contributed by atoms with Gasteiger partial charge in [0.2, 0.25) is 11.8 Å². The minimum Gasteiger partial charge on any atom is -0.357 e. The average molecular weight is 410 g/mol.